The molecule has 0 atom stereocenters. The highest BCUT2D eigenvalue weighted by Gasteiger charge is 2.10. The van der Waals surface area contributed by atoms with Gasteiger partial charge in [-0.15, -0.1) is 0 Å². The van der Waals surface area contributed by atoms with E-state index in [0.29, 0.717) is 0 Å². The van der Waals surface area contributed by atoms with Gasteiger partial charge in [0.15, 0.2) is 0 Å². The van der Waals surface area contributed by atoms with Crippen LogP contribution in [0.25, 0.3) is 16.9 Å². The van der Waals surface area contributed by atoms with Crippen molar-refractivity contribution in [2.45, 2.75) is 13.8 Å². The SMILES string of the molecule is CC(=O)Nc1ccccc1-c1cn2cccc(C)c2n1. The molecule has 1 N–H and O–H groups in total. The van der Waals surface area contributed by atoms with Gasteiger partial charge >= 0.3 is 0 Å². The summed E-state index contributed by atoms with van der Waals surface area (Å²) in [7, 11) is 0. The number of aromatic nitrogens is 2. The first kappa shape index (κ1) is 12.4. The first-order valence-corrected chi connectivity index (χ1v) is 6.46. The molecule has 0 aliphatic heterocycles. The molecule has 0 aliphatic rings. The van der Waals surface area contributed by atoms with Crippen molar-refractivity contribution in [3.8, 4) is 11.3 Å². The van der Waals surface area contributed by atoms with Gasteiger partial charge in [-0.05, 0) is 24.6 Å². The van der Waals surface area contributed by atoms with Crippen molar-refractivity contribution in [3.05, 3.63) is 54.4 Å². The van der Waals surface area contributed by atoms with Crippen LogP contribution in [0.3, 0.4) is 0 Å². The molecular weight excluding hydrogens is 250 g/mol. The lowest BCUT2D eigenvalue weighted by Crippen LogP contribution is -2.06. The summed E-state index contributed by atoms with van der Waals surface area (Å²) in [6.07, 6.45) is 3.95. The number of hydrogen-bond donors (Lipinski definition) is 1. The van der Waals surface area contributed by atoms with Crippen LogP contribution in [0.2, 0.25) is 0 Å². The van der Waals surface area contributed by atoms with Crippen LogP contribution in [0.1, 0.15) is 12.5 Å². The molecule has 1 aromatic carbocycles. The first-order chi connectivity index (χ1) is 9.65. The van der Waals surface area contributed by atoms with Gasteiger partial charge in [0.25, 0.3) is 0 Å². The van der Waals surface area contributed by atoms with Crippen molar-refractivity contribution in [1.82, 2.24) is 9.38 Å². The summed E-state index contributed by atoms with van der Waals surface area (Å²) in [6.45, 7) is 3.54. The lowest BCUT2D eigenvalue weighted by molar-refractivity contribution is -0.114. The Hall–Kier alpha value is -2.62. The van der Waals surface area contributed by atoms with E-state index in [4.69, 9.17) is 0 Å². The van der Waals surface area contributed by atoms with Gasteiger partial charge in [-0.3, -0.25) is 4.79 Å². The van der Waals surface area contributed by atoms with E-state index < -0.39 is 0 Å². The molecule has 100 valence electrons. The number of hydrogen-bond acceptors (Lipinski definition) is 2. The van der Waals surface area contributed by atoms with Crippen molar-refractivity contribution < 1.29 is 4.79 Å². The molecule has 0 unspecified atom stereocenters. The summed E-state index contributed by atoms with van der Waals surface area (Å²) in [4.78, 5) is 15.9. The van der Waals surface area contributed by atoms with Crippen molar-refractivity contribution >= 4 is 17.2 Å². The molecule has 0 fully saturated rings. The Morgan fingerprint density at radius 3 is 2.75 bits per heavy atom. The Labute approximate surface area is 117 Å². The molecule has 0 radical (unpaired) electrons. The fourth-order valence-electron chi connectivity index (χ4n) is 2.29. The lowest BCUT2D eigenvalue weighted by Gasteiger charge is -2.06. The highest BCUT2D eigenvalue weighted by Crippen LogP contribution is 2.27. The van der Waals surface area contributed by atoms with Crippen LogP contribution in [0.4, 0.5) is 5.69 Å². The maximum absolute atomic E-state index is 11.3. The predicted molar refractivity (Wildman–Crippen MR) is 79.7 cm³/mol. The molecule has 1 amide bonds. The zero-order valence-electron chi connectivity index (χ0n) is 11.4. The van der Waals surface area contributed by atoms with Crippen LogP contribution in [0.15, 0.2) is 48.8 Å². The largest absolute Gasteiger partial charge is 0.326 e. The Kier molecular flexibility index (Phi) is 2.99. The molecule has 4 heteroatoms. The van der Waals surface area contributed by atoms with Crippen molar-refractivity contribution in [2.24, 2.45) is 0 Å². The highest BCUT2D eigenvalue weighted by molar-refractivity contribution is 5.93. The van der Waals surface area contributed by atoms with Crippen molar-refractivity contribution in [1.29, 1.82) is 0 Å². The standard InChI is InChI=1S/C16H15N3O/c1-11-6-5-9-19-10-15(18-16(11)19)13-7-3-4-8-14(13)17-12(2)20/h3-10H,1-2H3,(H,17,20). The molecule has 3 aromatic rings. The summed E-state index contributed by atoms with van der Waals surface area (Å²) in [5, 5.41) is 2.84. The van der Waals surface area contributed by atoms with Gasteiger partial charge in [0.1, 0.15) is 5.65 Å². The Morgan fingerprint density at radius 1 is 1.20 bits per heavy atom. The minimum absolute atomic E-state index is 0.0857. The Bertz CT molecular complexity index is 789. The average molecular weight is 265 g/mol. The fourth-order valence-corrected chi connectivity index (χ4v) is 2.29. The third-order valence-corrected chi connectivity index (χ3v) is 3.19. The average Bonchev–Trinajstić information content (AvgIpc) is 2.84. The van der Waals surface area contributed by atoms with E-state index in [-0.39, 0.29) is 5.91 Å². The van der Waals surface area contributed by atoms with Crippen LogP contribution < -0.4 is 5.32 Å². The first-order valence-electron chi connectivity index (χ1n) is 6.46. The van der Waals surface area contributed by atoms with Crippen LogP contribution in [-0.4, -0.2) is 15.3 Å². The molecule has 0 bridgehead atoms. The molecule has 0 spiro atoms. The number of imidazole rings is 1. The topological polar surface area (TPSA) is 46.4 Å². The second kappa shape index (κ2) is 4.81. The Morgan fingerprint density at radius 2 is 2.00 bits per heavy atom. The maximum Gasteiger partial charge on any atom is 0.221 e. The van der Waals surface area contributed by atoms with Gasteiger partial charge in [0.05, 0.1) is 11.4 Å². The summed E-state index contributed by atoms with van der Waals surface area (Å²) < 4.78 is 2.00. The number of rotatable bonds is 2. The summed E-state index contributed by atoms with van der Waals surface area (Å²) >= 11 is 0. The second-order valence-corrected chi connectivity index (χ2v) is 4.77. The Balaban J connectivity index is 2.16. The van der Waals surface area contributed by atoms with Crippen LogP contribution in [0.5, 0.6) is 0 Å². The third kappa shape index (κ3) is 2.16. The highest BCUT2D eigenvalue weighted by atomic mass is 16.1. The van der Waals surface area contributed by atoms with Crippen LogP contribution in [-0.2, 0) is 4.79 Å². The lowest BCUT2D eigenvalue weighted by atomic mass is 10.1. The number of pyridine rings is 1. The number of fused-ring (bicyclic) bond motifs is 1. The number of aryl methyl sites for hydroxylation is 1. The molecular formula is C16H15N3O. The summed E-state index contributed by atoms with van der Waals surface area (Å²) in [5.74, 6) is -0.0857. The van der Waals surface area contributed by atoms with Crippen LogP contribution >= 0.6 is 0 Å². The smallest absolute Gasteiger partial charge is 0.221 e. The quantitative estimate of drug-likeness (QED) is 0.773. The van der Waals surface area contributed by atoms with E-state index in [9.17, 15) is 4.79 Å². The van der Waals surface area contributed by atoms with E-state index in [1.807, 2.05) is 60.1 Å². The second-order valence-electron chi connectivity index (χ2n) is 4.77. The number of carbonyl (C=O) groups is 1. The van der Waals surface area contributed by atoms with Gasteiger partial charge < -0.3 is 9.72 Å². The number of nitrogens with one attached hydrogen (secondary N) is 1. The van der Waals surface area contributed by atoms with E-state index in [0.717, 1.165) is 28.2 Å². The number of para-hydroxylation sites is 1. The van der Waals surface area contributed by atoms with E-state index >= 15 is 0 Å². The number of anilines is 1. The van der Waals surface area contributed by atoms with Gasteiger partial charge in [0.2, 0.25) is 5.91 Å². The molecule has 4 nitrogen and oxygen atoms in total. The zero-order chi connectivity index (χ0) is 14.1. The minimum atomic E-state index is -0.0857. The van der Waals surface area contributed by atoms with E-state index in [1.165, 1.54) is 6.92 Å². The number of carbonyl (C=O) groups excluding carboxylic acids is 1. The fraction of sp³-hybridized carbons (Fsp3) is 0.125. The van der Waals surface area contributed by atoms with Crippen molar-refractivity contribution in [3.63, 3.8) is 0 Å². The van der Waals surface area contributed by atoms with Crippen LogP contribution in [0, 0.1) is 6.92 Å². The molecule has 0 aliphatic carbocycles. The molecule has 0 saturated heterocycles. The molecule has 2 aromatic heterocycles. The van der Waals surface area contributed by atoms with Gasteiger partial charge in [-0.1, -0.05) is 24.3 Å². The summed E-state index contributed by atoms with van der Waals surface area (Å²) in [6, 6.07) is 11.7. The van der Waals surface area contributed by atoms with E-state index in [1.54, 1.807) is 0 Å². The maximum atomic E-state index is 11.3. The predicted octanol–water partition coefficient (Wildman–Crippen LogP) is 3.27. The monoisotopic (exact) mass is 265 g/mol. The number of nitrogens with zero attached hydrogens (tertiary/aromatic N) is 2. The third-order valence-electron chi connectivity index (χ3n) is 3.19. The van der Waals surface area contributed by atoms with Crippen molar-refractivity contribution in [2.75, 3.05) is 5.32 Å². The molecule has 20 heavy (non-hydrogen) atoms. The van der Waals surface area contributed by atoms with E-state index in [2.05, 4.69) is 10.3 Å². The zero-order valence-corrected chi connectivity index (χ0v) is 11.4. The summed E-state index contributed by atoms with van der Waals surface area (Å²) in [5.41, 5.74) is 4.60. The van der Waals surface area contributed by atoms with Gasteiger partial charge in [0, 0.05) is 24.9 Å². The molecule has 0 saturated carbocycles. The number of amides is 1. The number of benzene rings is 1. The van der Waals surface area contributed by atoms with Gasteiger partial charge in [-0.2, -0.15) is 0 Å². The normalized spacial score (nSPS) is 10.7. The molecule has 3 rings (SSSR count). The molecule has 2 heterocycles. The van der Waals surface area contributed by atoms with Gasteiger partial charge in [-0.25, -0.2) is 4.98 Å². The minimum Gasteiger partial charge on any atom is -0.326 e.